The van der Waals surface area contributed by atoms with E-state index in [0.29, 0.717) is 5.75 Å². The zero-order valence-electron chi connectivity index (χ0n) is 9.26. The number of hydrogen-bond acceptors (Lipinski definition) is 2. The third-order valence-corrected chi connectivity index (χ3v) is 3.15. The van der Waals surface area contributed by atoms with Gasteiger partial charge in [-0.15, -0.1) is 0 Å². The number of ether oxygens (including phenoxy) is 1. The molecule has 0 radical (unpaired) electrons. The molecule has 1 aromatic carbocycles. The van der Waals surface area contributed by atoms with Crippen molar-refractivity contribution in [1.82, 2.24) is 0 Å². The highest BCUT2D eigenvalue weighted by Crippen LogP contribution is 2.57. The number of alkyl halides is 3. The van der Waals surface area contributed by atoms with E-state index in [2.05, 4.69) is 0 Å². The summed E-state index contributed by atoms with van der Waals surface area (Å²) in [5.41, 5.74) is 4.59. The lowest BCUT2D eigenvalue weighted by molar-refractivity contribution is -0.194. The molecule has 1 aliphatic carbocycles. The summed E-state index contributed by atoms with van der Waals surface area (Å²) in [5, 5.41) is 0. The first-order valence-corrected chi connectivity index (χ1v) is 5.46. The van der Waals surface area contributed by atoms with Gasteiger partial charge in [-0.3, -0.25) is 0 Å². The van der Waals surface area contributed by atoms with Gasteiger partial charge in [-0.2, -0.15) is 13.2 Å². The molecule has 0 bridgehead atoms. The van der Waals surface area contributed by atoms with E-state index in [4.69, 9.17) is 10.5 Å². The fourth-order valence-corrected chi connectivity index (χ4v) is 1.69. The topological polar surface area (TPSA) is 35.2 Å². The number of benzene rings is 1. The lowest BCUT2D eigenvalue weighted by Gasteiger charge is -2.20. The van der Waals surface area contributed by atoms with E-state index in [1.165, 1.54) is 0 Å². The van der Waals surface area contributed by atoms with E-state index in [1.807, 2.05) is 0 Å². The summed E-state index contributed by atoms with van der Waals surface area (Å²) in [6, 6.07) is 6.91. The van der Waals surface area contributed by atoms with Crippen molar-refractivity contribution in [2.45, 2.75) is 25.6 Å². The molecule has 0 aliphatic heterocycles. The molecule has 2 nitrogen and oxygen atoms in total. The van der Waals surface area contributed by atoms with Crippen molar-refractivity contribution in [1.29, 1.82) is 0 Å². The second-order valence-electron chi connectivity index (χ2n) is 4.38. The number of para-hydroxylation sites is 1. The van der Waals surface area contributed by atoms with Crippen molar-refractivity contribution in [3.8, 4) is 5.75 Å². The molecule has 0 heterocycles. The average molecular weight is 245 g/mol. The number of rotatable bonds is 4. The maximum Gasteiger partial charge on any atom is 0.397 e. The van der Waals surface area contributed by atoms with Gasteiger partial charge in [-0.1, -0.05) is 18.2 Å². The van der Waals surface area contributed by atoms with Crippen LogP contribution in [0.15, 0.2) is 24.3 Å². The quantitative estimate of drug-likeness (QED) is 0.885. The Morgan fingerprint density at radius 1 is 1.24 bits per heavy atom. The summed E-state index contributed by atoms with van der Waals surface area (Å²) in [5.74, 6) is 0.450. The summed E-state index contributed by atoms with van der Waals surface area (Å²) < 4.78 is 43.3. The molecular weight excluding hydrogens is 231 g/mol. The molecule has 17 heavy (non-hydrogen) atoms. The Hall–Kier alpha value is -1.23. The van der Waals surface area contributed by atoms with Crippen molar-refractivity contribution in [3.63, 3.8) is 0 Å². The van der Waals surface area contributed by atoms with Crippen LogP contribution in [-0.4, -0.2) is 12.8 Å². The predicted molar refractivity (Wildman–Crippen MR) is 57.6 cm³/mol. The van der Waals surface area contributed by atoms with Crippen LogP contribution in [0.5, 0.6) is 5.75 Å². The van der Waals surface area contributed by atoms with E-state index < -0.39 is 11.6 Å². The van der Waals surface area contributed by atoms with Gasteiger partial charge in [0.25, 0.3) is 0 Å². The number of nitrogens with two attached hydrogens (primary N) is 1. The van der Waals surface area contributed by atoms with Crippen LogP contribution < -0.4 is 10.5 Å². The fraction of sp³-hybridized carbons (Fsp3) is 0.500. The molecule has 1 aliphatic rings. The SMILES string of the molecule is NCc1ccccc1OCC1(C(F)(F)F)CC1. The maximum absolute atomic E-state index is 12.7. The van der Waals surface area contributed by atoms with Gasteiger partial charge in [-0.25, -0.2) is 0 Å². The molecule has 1 fully saturated rings. The molecule has 0 saturated heterocycles. The standard InChI is InChI=1S/C12H14F3NO/c13-12(14,15)11(5-6-11)8-17-10-4-2-1-3-9(10)7-16/h1-4H,5-8,16H2. The first-order chi connectivity index (χ1) is 7.98. The Labute approximate surface area is 97.6 Å². The number of halogens is 3. The third-order valence-electron chi connectivity index (χ3n) is 3.15. The van der Waals surface area contributed by atoms with Crippen molar-refractivity contribution in [2.75, 3.05) is 6.61 Å². The summed E-state index contributed by atoms with van der Waals surface area (Å²) in [6.45, 7) is -0.0529. The summed E-state index contributed by atoms with van der Waals surface area (Å²) in [6.07, 6.45) is -3.87. The highest BCUT2D eigenvalue weighted by atomic mass is 19.4. The monoisotopic (exact) mass is 245 g/mol. The van der Waals surface area contributed by atoms with Crippen LogP contribution >= 0.6 is 0 Å². The van der Waals surface area contributed by atoms with Crippen molar-refractivity contribution in [3.05, 3.63) is 29.8 Å². The number of hydrogen-bond donors (Lipinski definition) is 1. The van der Waals surface area contributed by atoms with Crippen LogP contribution in [0.1, 0.15) is 18.4 Å². The Morgan fingerprint density at radius 2 is 1.88 bits per heavy atom. The first kappa shape index (κ1) is 12.2. The third kappa shape index (κ3) is 2.39. The molecule has 0 amide bonds. The lowest BCUT2D eigenvalue weighted by Crippen LogP contribution is -2.30. The van der Waals surface area contributed by atoms with E-state index in [1.54, 1.807) is 24.3 Å². The zero-order chi connectivity index (χ0) is 12.5. The van der Waals surface area contributed by atoms with Crippen LogP contribution in [0.4, 0.5) is 13.2 Å². The highest BCUT2D eigenvalue weighted by Gasteiger charge is 2.63. The van der Waals surface area contributed by atoms with Gasteiger partial charge in [0.2, 0.25) is 0 Å². The van der Waals surface area contributed by atoms with Gasteiger partial charge >= 0.3 is 6.18 Å². The Kier molecular flexibility index (Phi) is 3.03. The van der Waals surface area contributed by atoms with Gasteiger partial charge in [0.1, 0.15) is 17.8 Å². The van der Waals surface area contributed by atoms with Gasteiger partial charge < -0.3 is 10.5 Å². The summed E-state index contributed by atoms with van der Waals surface area (Å²) >= 11 is 0. The second-order valence-corrected chi connectivity index (χ2v) is 4.38. The molecular formula is C12H14F3NO. The van der Waals surface area contributed by atoms with Crippen molar-refractivity contribution >= 4 is 0 Å². The van der Waals surface area contributed by atoms with Gasteiger partial charge in [0.05, 0.1) is 0 Å². The van der Waals surface area contributed by atoms with E-state index in [-0.39, 0.29) is 26.0 Å². The van der Waals surface area contributed by atoms with Gasteiger partial charge in [0, 0.05) is 12.1 Å². The molecule has 2 N–H and O–H groups in total. The molecule has 1 saturated carbocycles. The van der Waals surface area contributed by atoms with Crippen LogP contribution in [0, 0.1) is 5.41 Å². The van der Waals surface area contributed by atoms with E-state index >= 15 is 0 Å². The van der Waals surface area contributed by atoms with E-state index in [9.17, 15) is 13.2 Å². The van der Waals surface area contributed by atoms with Gasteiger partial charge in [0.15, 0.2) is 0 Å². The normalized spacial score (nSPS) is 17.9. The minimum atomic E-state index is -4.18. The van der Waals surface area contributed by atoms with Crippen molar-refractivity contribution in [2.24, 2.45) is 11.1 Å². The minimum absolute atomic E-state index is 0.154. The molecule has 5 heteroatoms. The Bertz CT molecular complexity index is 399. The second kappa shape index (κ2) is 4.22. The van der Waals surface area contributed by atoms with Gasteiger partial charge in [-0.05, 0) is 18.9 Å². The van der Waals surface area contributed by atoms with Crippen LogP contribution in [0.3, 0.4) is 0 Å². The molecule has 0 aromatic heterocycles. The Morgan fingerprint density at radius 3 is 2.41 bits per heavy atom. The molecule has 0 unspecified atom stereocenters. The summed E-state index contributed by atoms with van der Waals surface area (Å²) in [7, 11) is 0. The molecule has 0 atom stereocenters. The molecule has 94 valence electrons. The van der Waals surface area contributed by atoms with Crippen LogP contribution in [-0.2, 0) is 6.54 Å². The van der Waals surface area contributed by atoms with E-state index in [0.717, 1.165) is 5.56 Å². The largest absolute Gasteiger partial charge is 0.492 e. The Balaban J connectivity index is 2.03. The van der Waals surface area contributed by atoms with Crippen LogP contribution in [0.2, 0.25) is 0 Å². The van der Waals surface area contributed by atoms with Crippen LogP contribution in [0.25, 0.3) is 0 Å². The first-order valence-electron chi connectivity index (χ1n) is 5.46. The lowest BCUT2D eigenvalue weighted by atomic mass is 10.1. The predicted octanol–water partition coefficient (Wildman–Crippen LogP) is 2.87. The molecule has 1 aromatic rings. The molecule has 2 rings (SSSR count). The summed E-state index contributed by atoms with van der Waals surface area (Å²) in [4.78, 5) is 0. The smallest absolute Gasteiger partial charge is 0.397 e. The van der Waals surface area contributed by atoms with Crippen molar-refractivity contribution < 1.29 is 17.9 Å². The average Bonchev–Trinajstić information content (AvgIpc) is 3.07. The fourth-order valence-electron chi connectivity index (χ4n) is 1.69. The zero-order valence-corrected chi connectivity index (χ0v) is 9.26. The highest BCUT2D eigenvalue weighted by molar-refractivity contribution is 5.33. The maximum atomic E-state index is 12.7. The minimum Gasteiger partial charge on any atom is -0.492 e. The molecule has 0 spiro atoms.